The Morgan fingerprint density at radius 2 is 1.95 bits per heavy atom. The summed E-state index contributed by atoms with van der Waals surface area (Å²) in [6.45, 7) is 2.16. The Kier molecular flexibility index (Phi) is 6.79. The predicted molar refractivity (Wildman–Crippen MR) is 73.3 cm³/mol. The quantitative estimate of drug-likeness (QED) is 0.694. The average molecular weight is 263 g/mol. The number of aromatic nitrogens is 1. The fraction of sp³-hybridized carbons (Fsp3) is 0.533. The molecule has 1 aromatic heterocycles. The summed E-state index contributed by atoms with van der Waals surface area (Å²) in [4.78, 5) is 26.6. The number of carbonyl (C=O) groups excluding carboxylic acids is 1. The Labute approximate surface area is 113 Å². The van der Waals surface area contributed by atoms with Crippen molar-refractivity contribution in [2.45, 2.75) is 51.9 Å². The first-order chi connectivity index (χ1) is 9.13. The normalized spacial score (nSPS) is 10.4. The van der Waals surface area contributed by atoms with E-state index in [9.17, 15) is 9.59 Å². The minimum atomic E-state index is -0.990. The zero-order valence-corrected chi connectivity index (χ0v) is 11.4. The molecule has 0 aromatic carbocycles. The van der Waals surface area contributed by atoms with E-state index in [1.54, 1.807) is 0 Å². The summed E-state index contributed by atoms with van der Waals surface area (Å²) in [6.07, 6.45) is 7.82. The van der Waals surface area contributed by atoms with Crippen LogP contribution < -0.4 is 0 Å². The second kappa shape index (κ2) is 8.40. The number of hydrogen-bond acceptors (Lipinski definition) is 3. The largest absolute Gasteiger partial charge is 0.478 e. The van der Waals surface area contributed by atoms with Crippen LogP contribution in [0.5, 0.6) is 0 Å². The molecule has 0 aliphatic rings. The van der Waals surface area contributed by atoms with Gasteiger partial charge in [0.2, 0.25) is 0 Å². The summed E-state index contributed by atoms with van der Waals surface area (Å²) in [5.41, 5.74) is 0.721. The first kappa shape index (κ1) is 15.3. The Bertz CT molecular complexity index is 429. The fourth-order valence-electron chi connectivity index (χ4n) is 1.92. The molecule has 0 atom stereocenters. The van der Waals surface area contributed by atoms with Gasteiger partial charge in [-0.3, -0.25) is 9.78 Å². The molecule has 1 aromatic rings. The number of carbonyl (C=O) groups is 2. The molecule has 4 nitrogen and oxygen atoms in total. The van der Waals surface area contributed by atoms with Crippen LogP contribution in [-0.2, 0) is 11.2 Å². The standard InChI is InChI=1S/C15H21NO3/c1-2-3-4-5-6-7-14(17)11-13-10-12(15(18)19)8-9-16-13/h8-10H,2-7,11H2,1H3,(H,18,19). The molecular formula is C15H21NO3. The van der Waals surface area contributed by atoms with Crippen LogP contribution in [0.15, 0.2) is 18.3 Å². The number of Topliss-reactive ketones (excluding diaryl/α,β-unsaturated/α-hetero) is 1. The van der Waals surface area contributed by atoms with Crippen molar-refractivity contribution in [3.63, 3.8) is 0 Å². The second-order valence-electron chi connectivity index (χ2n) is 4.72. The van der Waals surface area contributed by atoms with Crippen molar-refractivity contribution in [2.75, 3.05) is 0 Å². The van der Waals surface area contributed by atoms with Crippen LogP contribution in [0.25, 0.3) is 0 Å². The van der Waals surface area contributed by atoms with Gasteiger partial charge in [0.15, 0.2) is 0 Å². The van der Waals surface area contributed by atoms with E-state index in [1.165, 1.54) is 37.6 Å². The van der Waals surface area contributed by atoms with Gasteiger partial charge in [-0.1, -0.05) is 32.6 Å². The zero-order chi connectivity index (χ0) is 14.1. The van der Waals surface area contributed by atoms with Crippen molar-refractivity contribution in [3.05, 3.63) is 29.6 Å². The van der Waals surface area contributed by atoms with Gasteiger partial charge in [0.25, 0.3) is 0 Å². The number of pyridine rings is 1. The third kappa shape index (κ3) is 6.13. The molecule has 0 spiro atoms. The molecule has 0 unspecified atom stereocenters. The van der Waals surface area contributed by atoms with Gasteiger partial charge in [-0.2, -0.15) is 0 Å². The third-order valence-corrected chi connectivity index (χ3v) is 3.00. The summed E-state index contributed by atoms with van der Waals surface area (Å²) in [6, 6.07) is 2.90. The van der Waals surface area contributed by atoms with Crippen molar-refractivity contribution < 1.29 is 14.7 Å². The van der Waals surface area contributed by atoms with Gasteiger partial charge in [0.1, 0.15) is 5.78 Å². The summed E-state index contributed by atoms with van der Waals surface area (Å²) in [7, 11) is 0. The Morgan fingerprint density at radius 1 is 1.21 bits per heavy atom. The van der Waals surface area contributed by atoms with Gasteiger partial charge in [-0.15, -0.1) is 0 Å². The van der Waals surface area contributed by atoms with E-state index in [2.05, 4.69) is 11.9 Å². The minimum absolute atomic E-state index is 0.131. The van der Waals surface area contributed by atoms with Crippen LogP contribution in [0.3, 0.4) is 0 Å². The highest BCUT2D eigenvalue weighted by Gasteiger charge is 2.08. The van der Waals surface area contributed by atoms with Crippen molar-refractivity contribution in [1.29, 1.82) is 0 Å². The van der Waals surface area contributed by atoms with E-state index >= 15 is 0 Å². The first-order valence-corrected chi connectivity index (χ1v) is 6.83. The van der Waals surface area contributed by atoms with Gasteiger partial charge in [0, 0.05) is 24.7 Å². The number of ketones is 1. The van der Waals surface area contributed by atoms with Crippen LogP contribution in [0.2, 0.25) is 0 Å². The molecule has 0 radical (unpaired) electrons. The molecular weight excluding hydrogens is 242 g/mol. The Balaban J connectivity index is 2.35. The van der Waals surface area contributed by atoms with Gasteiger partial charge in [0.05, 0.1) is 5.56 Å². The average Bonchev–Trinajstić information content (AvgIpc) is 2.38. The molecule has 0 amide bonds. The topological polar surface area (TPSA) is 67.3 Å². The van der Waals surface area contributed by atoms with Crippen molar-refractivity contribution in [3.8, 4) is 0 Å². The molecule has 0 fully saturated rings. The van der Waals surface area contributed by atoms with E-state index < -0.39 is 5.97 Å². The van der Waals surface area contributed by atoms with Crippen molar-refractivity contribution in [1.82, 2.24) is 4.98 Å². The molecule has 0 saturated heterocycles. The highest BCUT2D eigenvalue weighted by atomic mass is 16.4. The SMILES string of the molecule is CCCCCCCC(=O)Cc1cc(C(=O)O)ccn1. The van der Waals surface area contributed by atoms with Crippen LogP contribution in [0, 0.1) is 0 Å². The summed E-state index contributed by atoms with van der Waals surface area (Å²) >= 11 is 0. The Morgan fingerprint density at radius 3 is 2.63 bits per heavy atom. The molecule has 0 aliphatic carbocycles. The van der Waals surface area contributed by atoms with E-state index in [4.69, 9.17) is 5.11 Å². The molecule has 1 rings (SSSR count). The van der Waals surface area contributed by atoms with E-state index in [-0.39, 0.29) is 17.8 Å². The molecule has 104 valence electrons. The lowest BCUT2D eigenvalue weighted by molar-refractivity contribution is -0.118. The molecule has 4 heteroatoms. The molecule has 0 aliphatic heterocycles. The smallest absolute Gasteiger partial charge is 0.335 e. The lowest BCUT2D eigenvalue weighted by atomic mass is 10.1. The molecule has 0 saturated carbocycles. The van der Waals surface area contributed by atoms with Crippen molar-refractivity contribution in [2.24, 2.45) is 0 Å². The highest BCUT2D eigenvalue weighted by Crippen LogP contribution is 2.08. The first-order valence-electron chi connectivity index (χ1n) is 6.83. The number of carboxylic acids is 1. The highest BCUT2D eigenvalue weighted by molar-refractivity contribution is 5.88. The summed E-state index contributed by atoms with van der Waals surface area (Å²) < 4.78 is 0. The van der Waals surface area contributed by atoms with Crippen LogP contribution in [-0.4, -0.2) is 21.8 Å². The summed E-state index contributed by atoms with van der Waals surface area (Å²) in [5, 5.41) is 8.85. The van der Waals surface area contributed by atoms with Gasteiger partial charge in [-0.05, 0) is 18.6 Å². The third-order valence-electron chi connectivity index (χ3n) is 3.00. The number of rotatable bonds is 9. The molecule has 1 N–H and O–H groups in total. The maximum atomic E-state index is 11.7. The number of aromatic carboxylic acids is 1. The lowest BCUT2D eigenvalue weighted by Gasteiger charge is -2.02. The number of nitrogens with zero attached hydrogens (tertiary/aromatic N) is 1. The van der Waals surface area contributed by atoms with Crippen LogP contribution >= 0.6 is 0 Å². The van der Waals surface area contributed by atoms with E-state index in [0.717, 1.165) is 12.8 Å². The minimum Gasteiger partial charge on any atom is -0.478 e. The summed E-state index contributed by atoms with van der Waals surface area (Å²) in [5.74, 6) is -0.859. The number of carboxylic acid groups (broad SMARTS) is 1. The molecule has 19 heavy (non-hydrogen) atoms. The van der Waals surface area contributed by atoms with Gasteiger partial charge in [-0.25, -0.2) is 4.79 Å². The zero-order valence-electron chi connectivity index (χ0n) is 11.4. The maximum absolute atomic E-state index is 11.7. The van der Waals surface area contributed by atoms with Crippen molar-refractivity contribution >= 4 is 11.8 Å². The van der Waals surface area contributed by atoms with E-state index in [0.29, 0.717) is 12.1 Å². The maximum Gasteiger partial charge on any atom is 0.335 e. The van der Waals surface area contributed by atoms with Gasteiger partial charge >= 0.3 is 5.97 Å². The van der Waals surface area contributed by atoms with E-state index in [1.807, 2.05) is 0 Å². The van der Waals surface area contributed by atoms with Gasteiger partial charge < -0.3 is 5.11 Å². The monoisotopic (exact) mass is 263 g/mol. The lowest BCUT2D eigenvalue weighted by Crippen LogP contribution is -2.06. The number of hydrogen-bond donors (Lipinski definition) is 1. The molecule has 0 bridgehead atoms. The Hall–Kier alpha value is -1.71. The second-order valence-corrected chi connectivity index (χ2v) is 4.72. The van der Waals surface area contributed by atoms with Crippen LogP contribution in [0.1, 0.15) is 61.5 Å². The fourth-order valence-corrected chi connectivity index (χ4v) is 1.92. The predicted octanol–water partition coefficient (Wildman–Crippen LogP) is 3.25. The van der Waals surface area contributed by atoms with Crippen LogP contribution in [0.4, 0.5) is 0 Å². The molecule has 1 heterocycles. The number of unbranched alkanes of at least 4 members (excludes halogenated alkanes) is 4.